The molecule has 0 spiro atoms. The number of hydrogen-bond donors (Lipinski definition) is 1. The first-order chi connectivity index (χ1) is 9.76. The maximum absolute atomic E-state index is 4.54. The van der Waals surface area contributed by atoms with Crippen LogP contribution in [-0.4, -0.2) is 17.6 Å². The van der Waals surface area contributed by atoms with Crippen LogP contribution in [-0.2, 0) is 6.42 Å². The molecule has 3 heteroatoms. The second kappa shape index (κ2) is 11.3. The van der Waals surface area contributed by atoms with Crippen LogP contribution < -0.4 is 5.32 Å². The van der Waals surface area contributed by atoms with E-state index in [1.54, 1.807) is 11.3 Å². The molecule has 0 unspecified atom stereocenters. The summed E-state index contributed by atoms with van der Waals surface area (Å²) in [5.41, 5.74) is 1.16. The topological polar surface area (TPSA) is 24.9 Å². The zero-order chi connectivity index (χ0) is 14.6. The van der Waals surface area contributed by atoms with Crippen molar-refractivity contribution in [1.29, 1.82) is 0 Å². The molecule has 0 aliphatic heterocycles. The minimum atomic E-state index is 0.717. The van der Waals surface area contributed by atoms with Gasteiger partial charge in [-0.1, -0.05) is 52.4 Å². The number of hydrogen-bond acceptors (Lipinski definition) is 3. The van der Waals surface area contributed by atoms with Gasteiger partial charge in [0.1, 0.15) is 0 Å². The molecular formula is C17H32N2S. The van der Waals surface area contributed by atoms with Gasteiger partial charge < -0.3 is 5.32 Å². The number of thiazole rings is 1. The van der Waals surface area contributed by atoms with Crippen molar-refractivity contribution >= 4 is 11.3 Å². The van der Waals surface area contributed by atoms with Crippen LogP contribution in [0.25, 0.3) is 0 Å². The molecule has 1 heterocycles. The zero-order valence-corrected chi connectivity index (χ0v) is 14.4. The van der Waals surface area contributed by atoms with Crippen molar-refractivity contribution in [2.45, 2.75) is 84.6 Å². The largest absolute Gasteiger partial charge is 0.314 e. The highest BCUT2D eigenvalue weighted by Crippen LogP contribution is 2.12. The summed E-state index contributed by atoms with van der Waals surface area (Å²) >= 11 is 1.79. The predicted octanol–water partition coefficient (Wildman–Crippen LogP) is 5.11. The van der Waals surface area contributed by atoms with Gasteiger partial charge in [-0.25, -0.2) is 4.98 Å². The molecule has 0 aliphatic carbocycles. The first-order valence-corrected chi connectivity index (χ1v) is 9.28. The van der Waals surface area contributed by atoms with Crippen LogP contribution in [0.5, 0.6) is 0 Å². The Bertz CT molecular complexity index is 325. The number of unbranched alkanes of at least 4 members (excludes halogenated alkanes) is 4. The molecule has 0 amide bonds. The third kappa shape index (κ3) is 8.01. The maximum atomic E-state index is 4.54. The van der Waals surface area contributed by atoms with Crippen LogP contribution in [0.1, 0.15) is 75.9 Å². The monoisotopic (exact) mass is 296 g/mol. The van der Waals surface area contributed by atoms with Crippen molar-refractivity contribution in [2.24, 2.45) is 0 Å². The van der Waals surface area contributed by atoms with Gasteiger partial charge in [-0.15, -0.1) is 11.3 Å². The normalized spacial score (nSPS) is 11.4. The van der Waals surface area contributed by atoms with E-state index in [1.807, 2.05) is 0 Å². The van der Waals surface area contributed by atoms with Gasteiger partial charge in [0.2, 0.25) is 0 Å². The van der Waals surface area contributed by atoms with Gasteiger partial charge in [-0.05, 0) is 19.8 Å². The first kappa shape index (κ1) is 17.6. The van der Waals surface area contributed by atoms with E-state index in [4.69, 9.17) is 0 Å². The molecule has 1 N–H and O–H groups in total. The smallest absolute Gasteiger partial charge is 0.0940 e. The summed E-state index contributed by atoms with van der Waals surface area (Å²) in [6.07, 6.45) is 11.9. The standard InChI is InChI=1S/C17H32N2S/c1-4-6-8-10-16(11-9-7-5-2)18-13-12-17-19-15(3)14-20-17/h14,16,18H,4-13H2,1-3H3. The Labute approximate surface area is 129 Å². The van der Waals surface area contributed by atoms with E-state index >= 15 is 0 Å². The summed E-state index contributed by atoms with van der Waals surface area (Å²) < 4.78 is 0. The van der Waals surface area contributed by atoms with Crippen molar-refractivity contribution in [1.82, 2.24) is 10.3 Å². The molecule has 1 rings (SSSR count). The van der Waals surface area contributed by atoms with Crippen molar-refractivity contribution in [2.75, 3.05) is 6.54 Å². The Morgan fingerprint density at radius 1 is 1.10 bits per heavy atom. The summed E-state index contributed by atoms with van der Waals surface area (Å²) in [4.78, 5) is 4.54. The van der Waals surface area contributed by atoms with Gasteiger partial charge in [0.25, 0.3) is 0 Å². The zero-order valence-electron chi connectivity index (χ0n) is 13.6. The Hall–Kier alpha value is -0.410. The highest BCUT2D eigenvalue weighted by Gasteiger charge is 2.08. The number of aromatic nitrogens is 1. The Kier molecular flexibility index (Phi) is 9.94. The fourth-order valence-electron chi connectivity index (χ4n) is 2.53. The van der Waals surface area contributed by atoms with Gasteiger partial charge in [-0.2, -0.15) is 0 Å². The molecule has 0 saturated carbocycles. The number of rotatable bonds is 12. The van der Waals surface area contributed by atoms with Crippen molar-refractivity contribution in [3.05, 3.63) is 16.1 Å². The molecule has 0 radical (unpaired) electrons. The Morgan fingerprint density at radius 3 is 2.25 bits per heavy atom. The van der Waals surface area contributed by atoms with E-state index in [2.05, 4.69) is 36.5 Å². The fraction of sp³-hybridized carbons (Fsp3) is 0.824. The first-order valence-electron chi connectivity index (χ1n) is 8.40. The second-order valence-electron chi connectivity index (χ2n) is 5.78. The highest BCUT2D eigenvalue weighted by atomic mass is 32.1. The molecule has 2 nitrogen and oxygen atoms in total. The van der Waals surface area contributed by atoms with Gasteiger partial charge in [0.15, 0.2) is 0 Å². The molecule has 116 valence electrons. The minimum Gasteiger partial charge on any atom is -0.314 e. The van der Waals surface area contributed by atoms with Crippen LogP contribution in [0.3, 0.4) is 0 Å². The lowest BCUT2D eigenvalue weighted by Gasteiger charge is -2.18. The fourth-order valence-corrected chi connectivity index (χ4v) is 3.31. The van der Waals surface area contributed by atoms with Crippen molar-refractivity contribution in [3.8, 4) is 0 Å². The van der Waals surface area contributed by atoms with Crippen LogP contribution in [0.2, 0.25) is 0 Å². The third-order valence-electron chi connectivity index (χ3n) is 3.75. The van der Waals surface area contributed by atoms with Gasteiger partial charge in [0, 0.05) is 30.1 Å². The van der Waals surface area contributed by atoms with E-state index in [1.165, 1.54) is 56.4 Å². The Balaban J connectivity index is 2.23. The predicted molar refractivity (Wildman–Crippen MR) is 90.6 cm³/mol. The van der Waals surface area contributed by atoms with E-state index in [0.717, 1.165) is 18.7 Å². The molecule has 20 heavy (non-hydrogen) atoms. The van der Waals surface area contributed by atoms with Crippen molar-refractivity contribution < 1.29 is 0 Å². The molecule has 0 fully saturated rings. The van der Waals surface area contributed by atoms with E-state index < -0.39 is 0 Å². The van der Waals surface area contributed by atoms with Crippen molar-refractivity contribution in [3.63, 3.8) is 0 Å². The quantitative estimate of drug-likeness (QED) is 0.542. The van der Waals surface area contributed by atoms with E-state index in [0.29, 0.717) is 6.04 Å². The van der Waals surface area contributed by atoms with Gasteiger partial charge in [0.05, 0.1) is 5.01 Å². The summed E-state index contributed by atoms with van der Waals surface area (Å²) in [5, 5.41) is 7.18. The lowest BCUT2D eigenvalue weighted by molar-refractivity contribution is 0.421. The summed E-state index contributed by atoms with van der Waals surface area (Å²) in [6, 6.07) is 0.717. The molecule has 0 bridgehead atoms. The van der Waals surface area contributed by atoms with Crippen LogP contribution >= 0.6 is 11.3 Å². The van der Waals surface area contributed by atoms with Gasteiger partial charge >= 0.3 is 0 Å². The van der Waals surface area contributed by atoms with E-state index in [-0.39, 0.29) is 0 Å². The number of nitrogens with zero attached hydrogens (tertiary/aromatic N) is 1. The average Bonchev–Trinajstić information content (AvgIpc) is 2.84. The molecule has 0 aliphatic rings. The minimum absolute atomic E-state index is 0.717. The average molecular weight is 297 g/mol. The SMILES string of the molecule is CCCCCC(CCCCC)NCCc1nc(C)cs1. The molecule has 0 atom stereocenters. The summed E-state index contributed by atoms with van der Waals surface area (Å²) in [7, 11) is 0. The van der Waals surface area contributed by atoms with Gasteiger partial charge in [-0.3, -0.25) is 0 Å². The summed E-state index contributed by atoms with van der Waals surface area (Å²) in [6.45, 7) is 7.72. The lowest BCUT2D eigenvalue weighted by atomic mass is 10.0. The lowest BCUT2D eigenvalue weighted by Crippen LogP contribution is -2.31. The second-order valence-corrected chi connectivity index (χ2v) is 6.72. The molecule has 0 aromatic carbocycles. The molecule has 0 saturated heterocycles. The van der Waals surface area contributed by atoms with Crippen LogP contribution in [0.4, 0.5) is 0 Å². The molecule has 1 aromatic heterocycles. The summed E-state index contributed by atoms with van der Waals surface area (Å²) in [5.74, 6) is 0. The van der Waals surface area contributed by atoms with E-state index in [9.17, 15) is 0 Å². The number of nitrogens with one attached hydrogen (secondary N) is 1. The maximum Gasteiger partial charge on any atom is 0.0940 e. The highest BCUT2D eigenvalue weighted by molar-refractivity contribution is 7.09. The molecule has 1 aromatic rings. The third-order valence-corrected chi connectivity index (χ3v) is 4.78. The van der Waals surface area contributed by atoms with Crippen LogP contribution in [0.15, 0.2) is 5.38 Å². The molecular weight excluding hydrogens is 264 g/mol. The number of aryl methyl sites for hydroxylation is 1. The van der Waals surface area contributed by atoms with Crippen LogP contribution in [0, 0.1) is 6.92 Å². The Morgan fingerprint density at radius 2 is 1.75 bits per heavy atom.